The first-order valence-corrected chi connectivity index (χ1v) is 10.7. The van der Waals surface area contributed by atoms with E-state index >= 15 is 0 Å². The number of thioether (sulfide) groups is 1. The van der Waals surface area contributed by atoms with E-state index in [2.05, 4.69) is 15.9 Å². The van der Waals surface area contributed by atoms with Gasteiger partial charge in [-0.3, -0.25) is 14.5 Å². The SMILES string of the molecule is CCOc1cc(/C=C2\SC(=O)N(CCOc3ccc(F)cc3)C2=O)c(Br)cc1OC. The van der Waals surface area contributed by atoms with Crippen LogP contribution in [0.2, 0.25) is 0 Å². The molecule has 1 aliphatic heterocycles. The Morgan fingerprint density at radius 1 is 1.13 bits per heavy atom. The second kappa shape index (κ2) is 9.99. The van der Waals surface area contributed by atoms with Crippen LogP contribution in [0, 0.1) is 5.82 Å². The number of methoxy groups -OCH3 is 1. The molecular formula is C21H19BrFNO5S. The molecule has 6 nitrogen and oxygen atoms in total. The van der Waals surface area contributed by atoms with Crippen LogP contribution >= 0.6 is 27.7 Å². The van der Waals surface area contributed by atoms with Crippen molar-refractivity contribution in [3.8, 4) is 17.2 Å². The van der Waals surface area contributed by atoms with Crippen LogP contribution < -0.4 is 14.2 Å². The summed E-state index contributed by atoms with van der Waals surface area (Å²) in [6, 6.07) is 9.03. The zero-order valence-corrected chi connectivity index (χ0v) is 18.7. The fourth-order valence-electron chi connectivity index (χ4n) is 2.71. The minimum atomic E-state index is -0.395. The molecule has 30 heavy (non-hydrogen) atoms. The molecule has 0 atom stereocenters. The number of hydrogen-bond acceptors (Lipinski definition) is 6. The maximum atomic E-state index is 12.9. The van der Waals surface area contributed by atoms with Crippen LogP contribution in [0.1, 0.15) is 12.5 Å². The molecule has 1 aliphatic rings. The maximum Gasteiger partial charge on any atom is 0.293 e. The molecule has 1 fully saturated rings. The largest absolute Gasteiger partial charge is 0.493 e. The molecule has 1 saturated heterocycles. The Hall–Kier alpha value is -2.52. The fourth-order valence-corrected chi connectivity index (χ4v) is 4.00. The van der Waals surface area contributed by atoms with Gasteiger partial charge in [0.2, 0.25) is 0 Å². The van der Waals surface area contributed by atoms with Gasteiger partial charge in [0.25, 0.3) is 11.1 Å². The molecule has 3 rings (SSSR count). The molecule has 9 heteroatoms. The van der Waals surface area contributed by atoms with E-state index < -0.39 is 5.91 Å². The minimum absolute atomic E-state index is 0.0906. The highest BCUT2D eigenvalue weighted by atomic mass is 79.9. The second-order valence-electron chi connectivity index (χ2n) is 6.09. The van der Waals surface area contributed by atoms with Crippen molar-refractivity contribution in [3.05, 3.63) is 57.2 Å². The Morgan fingerprint density at radius 2 is 1.87 bits per heavy atom. The molecule has 2 amide bonds. The Labute approximate surface area is 186 Å². The summed E-state index contributed by atoms with van der Waals surface area (Å²) in [5, 5.41) is -0.372. The van der Waals surface area contributed by atoms with Gasteiger partial charge in [-0.25, -0.2) is 4.39 Å². The highest BCUT2D eigenvalue weighted by molar-refractivity contribution is 9.10. The summed E-state index contributed by atoms with van der Waals surface area (Å²) in [4.78, 5) is 26.4. The Balaban J connectivity index is 1.71. The molecule has 0 aromatic heterocycles. The molecule has 1 heterocycles. The van der Waals surface area contributed by atoms with E-state index in [1.807, 2.05) is 6.92 Å². The number of ether oxygens (including phenoxy) is 3. The number of benzene rings is 2. The molecule has 0 aliphatic carbocycles. The smallest absolute Gasteiger partial charge is 0.293 e. The predicted molar refractivity (Wildman–Crippen MR) is 116 cm³/mol. The van der Waals surface area contributed by atoms with Gasteiger partial charge in [-0.1, -0.05) is 15.9 Å². The second-order valence-corrected chi connectivity index (χ2v) is 7.94. The third-order valence-corrected chi connectivity index (χ3v) is 5.73. The van der Waals surface area contributed by atoms with Crippen LogP contribution in [0.3, 0.4) is 0 Å². The zero-order chi connectivity index (χ0) is 21.7. The predicted octanol–water partition coefficient (Wildman–Crippen LogP) is 5.11. The van der Waals surface area contributed by atoms with Crippen molar-refractivity contribution in [2.75, 3.05) is 26.9 Å². The van der Waals surface area contributed by atoms with Crippen LogP contribution in [0.5, 0.6) is 17.2 Å². The van der Waals surface area contributed by atoms with Crippen LogP contribution in [0.4, 0.5) is 9.18 Å². The molecule has 0 unspecified atom stereocenters. The molecule has 2 aromatic carbocycles. The number of rotatable bonds is 8. The summed E-state index contributed by atoms with van der Waals surface area (Å²) < 4.78 is 30.0. The molecule has 0 spiro atoms. The first-order valence-electron chi connectivity index (χ1n) is 9.07. The standard InChI is InChI=1S/C21H19BrFNO5S/c1-3-28-18-10-13(16(22)12-17(18)27-2)11-19-20(25)24(21(26)30-19)8-9-29-15-6-4-14(23)5-7-15/h4-7,10-12H,3,8-9H2,1-2H3/b19-11-. The monoisotopic (exact) mass is 495 g/mol. The van der Waals surface area contributed by atoms with Gasteiger partial charge >= 0.3 is 0 Å². The highest BCUT2D eigenvalue weighted by Gasteiger charge is 2.35. The third kappa shape index (κ3) is 5.14. The van der Waals surface area contributed by atoms with Crippen molar-refractivity contribution in [2.45, 2.75) is 6.92 Å². The highest BCUT2D eigenvalue weighted by Crippen LogP contribution is 2.38. The summed E-state index contributed by atoms with van der Waals surface area (Å²) in [5.74, 6) is 0.807. The summed E-state index contributed by atoms with van der Waals surface area (Å²) >= 11 is 4.32. The van der Waals surface area contributed by atoms with Gasteiger partial charge in [-0.2, -0.15) is 0 Å². The van der Waals surface area contributed by atoms with Gasteiger partial charge in [-0.15, -0.1) is 0 Å². The summed E-state index contributed by atoms with van der Waals surface area (Å²) in [6.45, 7) is 2.52. The lowest BCUT2D eigenvalue weighted by Gasteiger charge is -2.13. The molecule has 158 valence electrons. The molecule has 0 saturated carbocycles. The van der Waals surface area contributed by atoms with Crippen LogP contribution in [0.15, 0.2) is 45.8 Å². The zero-order valence-electron chi connectivity index (χ0n) is 16.3. The fraction of sp³-hybridized carbons (Fsp3) is 0.238. The van der Waals surface area contributed by atoms with Crippen LogP contribution in [0.25, 0.3) is 6.08 Å². The van der Waals surface area contributed by atoms with Crippen molar-refractivity contribution in [2.24, 2.45) is 0 Å². The van der Waals surface area contributed by atoms with Gasteiger partial charge in [0.1, 0.15) is 18.2 Å². The molecule has 0 bridgehead atoms. The molecule has 0 radical (unpaired) electrons. The van der Waals surface area contributed by atoms with E-state index in [0.29, 0.717) is 38.8 Å². The first kappa shape index (κ1) is 22.2. The Kier molecular flexibility index (Phi) is 7.38. The average Bonchev–Trinajstić information content (AvgIpc) is 2.99. The molecule has 0 N–H and O–H groups in total. The number of carbonyl (C=O) groups is 2. The lowest BCUT2D eigenvalue weighted by molar-refractivity contribution is -0.123. The van der Waals surface area contributed by atoms with Gasteiger partial charge in [0.15, 0.2) is 11.5 Å². The number of hydrogen-bond donors (Lipinski definition) is 0. The number of halogens is 2. The summed E-state index contributed by atoms with van der Waals surface area (Å²) in [7, 11) is 1.54. The van der Waals surface area contributed by atoms with E-state index in [1.54, 1.807) is 25.3 Å². The van der Waals surface area contributed by atoms with Crippen molar-refractivity contribution < 1.29 is 28.2 Å². The topological polar surface area (TPSA) is 65.1 Å². The van der Waals surface area contributed by atoms with E-state index in [0.717, 1.165) is 16.7 Å². The van der Waals surface area contributed by atoms with Gasteiger partial charge in [-0.05, 0) is 66.7 Å². The van der Waals surface area contributed by atoms with E-state index in [1.165, 1.54) is 24.3 Å². The number of imide groups is 1. The van der Waals surface area contributed by atoms with E-state index in [4.69, 9.17) is 14.2 Å². The third-order valence-electron chi connectivity index (χ3n) is 4.14. The van der Waals surface area contributed by atoms with E-state index in [9.17, 15) is 14.0 Å². The molecular weight excluding hydrogens is 477 g/mol. The summed E-state index contributed by atoms with van der Waals surface area (Å²) in [5.41, 5.74) is 0.687. The average molecular weight is 496 g/mol. The number of amides is 2. The lowest BCUT2D eigenvalue weighted by atomic mass is 10.2. The number of carbonyl (C=O) groups excluding carboxylic acids is 2. The quantitative estimate of drug-likeness (QED) is 0.474. The first-order chi connectivity index (χ1) is 14.4. The number of nitrogens with zero attached hydrogens (tertiary/aromatic N) is 1. The van der Waals surface area contributed by atoms with Crippen molar-refractivity contribution in [1.29, 1.82) is 0 Å². The van der Waals surface area contributed by atoms with Crippen molar-refractivity contribution in [3.63, 3.8) is 0 Å². The van der Waals surface area contributed by atoms with Crippen LogP contribution in [-0.2, 0) is 4.79 Å². The Bertz CT molecular complexity index is 980. The lowest BCUT2D eigenvalue weighted by Crippen LogP contribution is -2.32. The maximum absolute atomic E-state index is 12.9. The van der Waals surface area contributed by atoms with Gasteiger partial charge in [0.05, 0.1) is 25.2 Å². The van der Waals surface area contributed by atoms with Gasteiger partial charge in [0, 0.05) is 4.47 Å². The summed E-state index contributed by atoms with van der Waals surface area (Å²) in [6.07, 6.45) is 1.64. The van der Waals surface area contributed by atoms with Crippen molar-refractivity contribution >= 4 is 44.9 Å². The minimum Gasteiger partial charge on any atom is -0.493 e. The van der Waals surface area contributed by atoms with Crippen molar-refractivity contribution in [1.82, 2.24) is 4.90 Å². The normalized spacial score (nSPS) is 15.1. The van der Waals surface area contributed by atoms with Gasteiger partial charge < -0.3 is 14.2 Å². The Morgan fingerprint density at radius 3 is 2.53 bits per heavy atom. The van der Waals surface area contributed by atoms with E-state index in [-0.39, 0.29) is 24.2 Å². The van der Waals surface area contributed by atoms with Crippen LogP contribution in [-0.4, -0.2) is 42.9 Å². The molecule has 2 aromatic rings.